The van der Waals surface area contributed by atoms with Gasteiger partial charge in [-0.3, -0.25) is 29.0 Å². The van der Waals surface area contributed by atoms with Crippen molar-refractivity contribution in [3.05, 3.63) is 11.8 Å². The molecule has 5 fully saturated rings. The molecule has 9 nitrogen and oxygen atoms in total. The predicted octanol–water partition coefficient (Wildman–Crippen LogP) is 4.43. The van der Waals surface area contributed by atoms with Crippen LogP contribution in [0.4, 0.5) is 0 Å². The van der Waals surface area contributed by atoms with E-state index >= 15 is 0 Å². The van der Waals surface area contributed by atoms with Crippen LogP contribution in [0.2, 0.25) is 0 Å². The van der Waals surface area contributed by atoms with Crippen LogP contribution >= 0.6 is 0 Å². The zero-order valence-corrected chi connectivity index (χ0v) is 29.1. The quantitative estimate of drug-likeness (QED) is 0.411. The molecule has 0 radical (unpaired) electrons. The second-order valence-electron chi connectivity index (χ2n) is 11.0. The van der Waals surface area contributed by atoms with Crippen molar-refractivity contribution in [1.29, 1.82) is 0 Å². The van der Waals surface area contributed by atoms with Crippen LogP contribution in [0, 0.1) is 250 Å². The van der Waals surface area contributed by atoms with Crippen molar-refractivity contribution < 1.29 is 250 Å². The summed E-state index contributed by atoms with van der Waals surface area (Å²) in [5, 5.41) is 8.60. The number of amides is 4. The number of carbonyl (C=O) groups excluding carboxylic acids is 4. The zero-order chi connectivity index (χ0) is 26.7. The molecule has 6 rings (SSSR count). The fourth-order valence-electron chi connectivity index (χ4n) is 6.78. The molecule has 15 heteroatoms. The van der Waals surface area contributed by atoms with Crippen molar-refractivity contribution in [3.8, 4) is 0 Å². The van der Waals surface area contributed by atoms with Crippen LogP contribution in [-0.2, 0) is 19.2 Å². The molecule has 0 aromatic carbocycles. The predicted molar refractivity (Wildman–Crippen MR) is 136 cm³/mol. The maximum Gasteiger partial charge on any atom is 0.232 e. The van der Waals surface area contributed by atoms with Gasteiger partial charge in [0, 0.05) is 252 Å². The number of nitrogens with zero attached hydrogens (tertiary/aromatic N) is 4. The summed E-state index contributed by atoms with van der Waals surface area (Å²) in [5.41, 5.74) is 0. The van der Waals surface area contributed by atoms with E-state index in [9.17, 15) is 19.2 Å². The number of carbonyl (C=O) groups is 4. The Bertz CT molecular complexity index is 903. The third kappa shape index (κ3) is 12.9. The Balaban J connectivity index is -0.000000622. The Morgan fingerprint density at radius 3 is 1.02 bits per heavy atom. The standard InChI is InChI=1S/C14H22N2O.C12H14N2O4.C2H6.6Ar/c1-3-7-11(8-4-1)13-15-16-14(17-13)12-9-5-2-6-10-12;1-13-9(15)5-3-7-8(4-6(5)10(13)16)12(18)14(2)11(7)17;1-2;;;;;;/h11-12H,1-10H2;5-8H,3-4H2,1-2H3;1-2H3;;;;;;. The Labute approximate surface area is 436 Å². The molecular weight excluding hydrogens is 712 g/mol. The van der Waals surface area contributed by atoms with Gasteiger partial charge in [-0.1, -0.05) is 52.4 Å². The number of aromatic nitrogens is 2. The van der Waals surface area contributed by atoms with Crippen molar-refractivity contribution >= 4 is 23.6 Å². The minimum absolute atomic E-state index is 0. The van der Waals surface area contributed by atoms with Crippen LogP contribution in [0.1, 0.15) is 115 Å². The first kappa shape index (κ1) is 52.3. The fourth-order valence-corrected chi connectivity index (χ4v) is 6.78. The summed E-state index contributed by atoms with van der Waals surface area (Å²) >= 11 is 0. The number of hydrogen-bond donors (Lipinski definition) is 0. The third-order valence-electron chi connectivity index (χ3n) is 8.94. The molecule has 43 heavy (non-hydrogen) atoms. The average Bonchev–Trinajstić information content (AvgIpc) is 3.59. The Hall–Kier alpha value is 4.98. The molecule has 3 saturated carbocycles. The molecule has 4 atom stereocenters. The third-order valence-corrected chi connectivity index (χ3v) is 8.94. The topological polar surface area (TPSA) is 114 Å². The van der Waals surface area contributed by atoms with Crippen LogP contribution in [0.5, 0.6) is 0 Å². The Morgan fingerprint density at radius 2 is 0.767 bits per heavy atom. The molecule has 1 aromatic heterocycles. The molecule has 3 aliphatic carbocycles. The van der Waals surface area contributed by atoms with Crippen molar-refractivity contribution in [2.45, 2.75) is 103 Å². The molecule has 2 saturated heterocycles. The number of rotatable bonds is 2. The molecule has 0 bridgehead atoms. The van der Waals surface area contributed by atoms with E-state index in [1.165, 1.54) is 78.3 Å². The molecule has 3 heterocycles. The zero-order valence-electron chi connectivity index (χ0n) is 24.9. The number of hydrogen-bond acceptors (Lipinski definition) is 7. The van der Waals surface area contributed by atoms with Gasteiger partial charge in [-0.2, -0.15) is 0 Å². The smallest absolute Gasteiger partial charge is 0.232 e. The van der Waals surface area contributed by atoms with E-state index < -0.39 is 23.7 Å². The van der Waals surface area contributed by atoms with E-state index in [4.69, 9.17) is 4.42 Å². The largest absolute Gasteiger partial charge is 0.425 e. The second kappa shape index (κ2) is 25.9. The number of likely N-dealkylation sites (tertiary alicyclic amines) is 2. The summed E-state index contributed by atoms with van der Waals surface area (Å²) in [5.74, 6) is 0.462. The van der Waals surface area contributed by atoms with Gasteiger partial charge in [-0.15, -0.1) is 10.2 Å². The van der Waals surface area contributed by atoms with E-state index in [-0.39, 0.29) is 250 Å². The van der Waals surface area contributed by atoms with E-state index in [0.29, 0.717) is 24.7 Å². The minimum Gasteiger partial charge on any atom is -0.425 e. The van der Waals surface area contributed by atoms with E-state index in [1.54, 1.807) is 0 Å². The van der Waals surface area contributed by atoms with Gasteiger partial charge in [-0.25, -0.2) is 0 Å². The van der Waals surface area contributed by atoms with Gasteiger partial charge in [0.1, 0.15) is 0 Å². The summed E-state index contributed by atoms with van der Waals surface area (Å²) in [6.45, 7) is 4.00. The summed E-state index contributed by atoms with van der Waals surface area (Å²) < 4.78 is 5.94. The van der Waals surface area contributed by atoms with E-state index in [2.05, 4.69) is 10.2 Å². The number of fused-ring (bicyclic) bond motifs is 2. The minimum atomic E-state index is -0.410. The molecule has 0 N–H and O–H groups in total. The van der Waals surface area contributed by atoms with E-state index in [0.717, 1.165) is 21.6 Å². The summed E-state index contributed by atoms with van der Waals surface area (Å²) in [6.07, 6.45) is 13.7. The first-order valence-corrected chi connectivity index (χ1v) is 14.3. The van der Waals surface area contributed by atoms with Gasteiger partial charge in [0.25, 0.3) is 0 Å². The molecule has 2 aliphatic heterocycles. The van der Waals surface area contributed by atoms with Crippen molar-refractivity contribution in [3.63, 3.8) is 0 Å². The molecule has 0 spiro atoms. The summed E-state index contributed by atoms with van der Waals surface area (Å²) in [6, 6.07) is 0. The normalized spacial score (nSPS) is 26.1. The molecule has 1 aromatic rings. The van der Waals surface area contributed by atoms with Gasteiger partial charge in [0.2, 0.25) is 35.4 Å². The van der Waals surface area contributed by atoms with Crippen LogP contribution in [-0.4, -0.2) is 57.7 Å². The van der Waals surface area contributed by atoms with Gasteiger partial charge < -0.3 is 4.42 Å². The van der Waals surface area contributed by atoms with Crippen LogP contribution in [0.15, 0.2) is 4.42 Å². The average molecular weight is 754 g/mol. The van der Waals surface area contributed by atoms with Crippen molar-refractivity contribution in [2.75, 3.05) is 14.1 Å². The molecule has 4 unspecified atom stereocenters. The van der Waals surface area contributed by atoms with E-state index in [1.807, 2.05) is 13.8 Å². The van der Waals surface area contributed by atoms with Gasteiger partial charge >= 0.3 is 0 Å². The monoisotopic (exact) mass is 754 g/mol. The van der Waals surface area contributed by atoms with Gasteiger partial charge in [0.05, 0.1) is 23.7 Å². The first-order valence-electron chi connectivity index (χ1n) is 14.3. The Morgan fingerprint density at radius 1 is 0.512 bits per heavy atom. The summed E-state index contributed by atoms with van der Waals surface area (Å²) in [7, 11) is 2.93. The summed E-state index contributed by atoms with van der Waals surface area (Å²) in [4.78, 5) is 49.9. The molecule has 252 valence electrons. The van der Waals surface area contributed by atoms with Gasteiger partial charge in [-0.05, 0) is 38.5 Å². The fraction of sp³-hybridized carbons (Fsp3) is 0.786. The maximum atomic E-state index is 11.9. The number of imide groups is 2. The second-order valence-corrected chi connectivity index (χ2v) is 11.0. The van der Waals surface area contributed by atoms with Crippen molar-refractivity contribution in [1.82, 2.24) is 20.0 Å². The molecular formula is C28H42Ar6N4O5. The Kier molecular flexibility index (Phi) is 31.5. The molecule has 4 amide bonds. The maximum absolute atomic E-state index is 11.9. The van der Waals surface area contributed by atoms with Crippen LogP contribution in [0.3, 0.4) is 0 Å². The van der Waals surface area contributed by atoms with Gasteiger partial charge in [0.15, 0.2) is 0 Å². The SMILES string of the molecule is C1CCC(c2nnc(C3CCCCC3)o2)CC1.CC.CN1C(=O)C2CC3C(=O)N(C)C(=O)C3CC2C1=O.[Ar].[Ar].[Ar].[Ar].[Ar].[Ar]. The van der Waals surface area contributed by atoms with Crippen molar-refractivity contribution in [2.24, 2.45) is 23.7 Å². The first-order chi connectivity index (χ1) is 17.9. The van der Waals surface area contributed by atoms with Crippen LogP contribution < -0.4 is 0 Å². The van der Waals surface area contributed by atoms with Crippen LogP contribution in [0.25, 0.3) is 0 Å². The molecule has 5 aliphatic rings.